The average molecular weight is 729 g/mol. The van der Waals surface area contributed by atoms with Gasteiger partial charge < -0.3 is 9.71 Å². The molecule has 55 heavy (non-hydrogen) atoms. The molecule has 0 atom stereocenters. The summed E-state index contributed by atoms with van der Waals surface area (Å²) in [7, 11) is 0. The quantitative estimate of drug-likeness (QED) is 0.167. The monoisotopic (exact) mass is 728 g/mol. The van der Waals surface area contributed by atoms with E-state index in [1.54, 1.807) is 0 Å². The van der Waals surface area contributed by atoms with E-state index in [1.807, 2.05) is 11.3 Å². The zero-order valence-electron chi connectivity index (χ0n) is 32.7. The van der Waals surface area contributed by atoms with Gasteiger partial charge in [-0.05, 0) is 105 Å². The second kappa shape index (κ2) is 12.2. The Balaban J connectivity index is 1.33. The van der Waals surface area contributed by atoms with Crippen LogP contribution >= 0.6 is 11.3 Å². The van der Waals surface area contributed by atoms with Gasteiger partial charge in [-0.15, -0.1) is 11.3 Å². The van der Waals surface area contributed by atoms with Crippen LogP contribution in [0.2, 0.25) is 0 Å². The number of hydrogen-bond donors (Lipinski definition) is 0. The van der Waals surface area contributed by atoms with E-state index in [0.29, 0.717) is 0 Å². The Morgan fingerprint density at radius 1 is 0.491 bits per heavy atom. The molecule has 0 unspecified atom stereocenters. The van der Waals surface area contributed by atoms with E-state index >= 15 is 0 Å². The van der Waals surface area contributed by atoms with Crippen molar-refractivity contribution < 1.29 is 0 Å². The van der Waals surface area contributed by atoms with Gasteiger partial charge in [0.1, 0.15) is 0 Å². The second-order valence-electron chi connectivity index (χ2n) is 17.5. The summed E-state index contributed by atoms with van der Waals surface area (Å²) in [4.78, 5) is 5.23. The molecule has 4 heteroatoms. The lowest BCUT2D eigenvalue weighted by Crippen LogP contribution is -2.61. The molecule has 0 saturated carbocycles. The third-order valence-corrected chi connectivity index (χ3v) is 12.9. The maximum absolute atomic E-state index is 2.63. The SMILES string of the molecule is Cc1cc2c3c(c1)N(c1ccc(C(C)(C)C)cc1-c1ccccc1)c1cc4sc5ccccc5c4cc1B3N(c1ccc(C(C)(C)C)cc1)c1ccccc1-2. The fourth-order valence-corrected chi connectivity index (χ4v) is 10.1. The van der Waals surface area contributed by atoms with Crippen LogP contribution in [0.1, 0.15) is 58.2 Å². The topological polar surface area (TPSA) is 6.48 Å². The largest absolute Gasteiger partial charge is 0.376 e. The van der Waals surface area contributed by atoms with Crippen molar-refractivity contribution in [3.8, 4) is 22.3 Å². The van der Waals surface area contributed by atoms with E-state index in [9.17, 15) is 0 Å². The average Bonchev–Trinajstić information content (AvgIpc) is 3.54. The van der Waals surface area contributed by atoms with Crippen molar-refractivity contribution in [2.45, 2.75) is 59.3 Å². The van der Waals surface area contributed by atoms with Crippen LogP contribution < -0.4 is 20.6 Å². The first-order chi connectivity index (χ1) is 26.5. The number of nitrogens with zero attached hydrogens (tertiary/aromatic N) is 2. The second-order valence-corrected chi connectivity index (χ2v) is 18.6. The number of rotatable bonds is 3. The Bertz CT molecular complexity index is 2800. The molecule has 10 rings (SSSR count). The molecule has 268 valence electrons. The van der Waals surface area contributed by atoms with E-state index in [4.69, 9.17) is 0 Å². The van der Waals surface area contributed by atoms with Crippen LogP contribution in [0.5, 0.6) is 0 Å². The summed E-state index contributed by atoms with van der Waals surface area (Å²) >= 11 is 1.90. The number of anilines is 5. The van der Waals surface area contributed by atoms with Gasteiger partial charge in [-0.25, -0.2) is 0 Å². The molecule has 0 saturated heterocycles. The van der Waals surface area contributed by atoms with Crippen LogP contribution in [0.3, 0.4) is 0 Å². The first-order valence-corrected chi connectivity index (χ1v) is 20.4. The van der Waals surface area contributed by atoms with E-state index in [2.05, 4.69) is 204 Å². The summed E-state index contributed by atoms with van der Waals surface area (Å²) in [6.45, 7) is 16.0. The summed E-state index contributed by atoms with van der Waals surface area (Å²) in [6, 6.07) is 55.3. The first-order valence-electron chi connectivity index (χ1n) is 19.5. The molecule has 0 N–H and O–H groups in total. The molecule has 0 fully saturated rings. The molecule has 7 aromatic carbocycles. The molecule has 0 amide bonds. The third-order valence-electron chi connectivity index (χ3n) is 11.8. The molecular weight excluding hydrogens is 683 g/mol. The molecule has 0 radical (unpaired) electrons. The number of fused-ring (bicyclic) bond motifs is 7. The number of aryl methyl sites for hydroxylation is 1. The molecule has 0 aliphatic carbocycles. The lowest BCUT2D eigenvalue weighted by atomic mass is 9.43. The van der Waals surface area contributed by atoms with E-state index in [1.165, 1.54) is 98.5 Å². The van der Waals surface area contributed by atoms with Crippen molar-refractivity contribution in [2.75, 3.05) is 9.71 Å². The minimum atomic E-state index is -0.0377. The highest BCUT2D eigenvalue weighted by molar-refractivity contribution is 7.26. The van der Waals surface area contributed by atoms with Crippen molar-refractivity contribution in [3.05, 3.63) is 162 Å². The zero-order valence-corrected chi connectivity index (χ0v) is 33.6. The van der Waals surface area contributed by atoms with Crippen LogP contribution in [-0.4, -0.2) is 6.85 Å². The molecular formula is C51H45BN2S. The van der Waals surface area contributed by atoms with Crippen molar-refractivity contribution in [3.63, 3.8) is 0 Å². The maximum atomic E-state index is 2.63. The van der Waals surface area contributed by atoms with Gasteiger partial charge in [-0.3, -0.25) is 0 Å². The van der Waals surface area contributed by atoms with E-state index < -0.39 is 0 Å². The Labute approximate surface area is 329 Å². The Hall–Kier alpha value is -5.58. The van der Waals surface area contributed by atoms with Crippen molar-refractivity contribution in [1.29, 1.82) is 0 Å². The van der Waals surface area contributed by atoms with Gasteiger partial charge in [0.15, 0.2) is 0 Å². The fraction of sp³-hybridized carbons (Fsp3) is 0.176. The maximum Gasteiger partial charge on any atom is 0.333 e. The predicted molar refractivity (Wildman–Crippen MR) is 241 cm³/mol. The lowest BCUT2D eigenvalue weighted by Gasteiger charge is -2.46. The molecule has 8 aromatic rings. The lowest BCUT2D eigenvalue weighted by molar-refractivity contribution is 0.590. The van der Waals surface area contributed by atoms with Crippen LogP contribution in [-0.2, 0) is 10.8 Å². The molecule has 2 aliphatic rings. The van der Waals surface area contributed by atoms with Gasteiger partial charge in [-0.1, -0.05) is 139 Å². The standard InChI is InChI=1S/C51H45BN2S/c1-32-27-41-37-17-11-13-19-44(37)54(36-24-21-34(22-25-36)50(2,3)4)52-42-30-40-38-18-12-14-20-47(38)55-48(40)31-45(42)53(46(28-32)49(41)52)43-26-23-35(51(5,6)7)29-39(43)33-15-9-8-10-16-33/h8-31H,1-7H3. The number of para-hydroxylation sites is 1. The molecule has 3 heterocycles. The number of hydrogen-bond acceptors (Lipinski definition) is 3. The summed E-state index contributed by atoms with van der Waals surface area (Å²) in [6.07, 6.45) is 0. The van der Waals surface area contributed by atoms with Gasteiger partial charge in [0.05, 0.1) is 5.69 Å². The fourth-order valence-electron chi connectivity index (χ4n) is 8.98. The van der Waals surface area contributed by atoms with E-state index in [-0.39, 0.29) is 17.7 Å². The zero-order chi connectivity index (χ0) is 37.8. The van der Waals surface area contributed by atoms with Crippen molar-refractivity contribution >= 4 is 77.7 Å². The summed E-state index contributed by atoms with van der Waals surface area (Å²) < 4.78 is 2.63. The smallest absolute Gasteiger partial charge is 0.333 e. The van der Waals surface area contributed by atoms with Crippen LogP contribution in [0.4, 0.5) is 28.4 Å². The number of thiophene rings is 1. The van der Waals surface area contributed by atoms with Crippen LogP contribution in [0.25, 0.3) is 42.4 Å². The predicted octanol–water partition coefficient (Wildman–Crippen LogP) is 13.3. The van der Waals surface area contributed by atoms with Gasteiger partial charge in [0, 0.05) is 54.0 Å². The normalized spacial score (nSPS) is 13.6. The van der Waals surface area contributed by atoms with E-state index in [0.717, 1.165) is 0 Å². The third kappa shape index (κ3) is 5.37. The van der Waals surface area contributed by atoms with Crippen LogP contribution in [0, 0.1) is 6.92 Å². The van der Waals surface area contributed by atoms with Gasteiger partial charge in [-0.2, -0.15) is 0 Å². The highest BCUT2D eigenvalue weighted by atomic mass is 32.1. The molecule has 0 spiro atoms. The van der Waals surface area contributed by atoms with Crippen LogP contribution in [0.15, 0.2) is 146 Å². The van der Waals surface area contributed by atoms with Gasteiger partial charge >= 0.3 is 6.85 Å². The summed E-state index contributed by atoms with van der Waals surface area (Å²) in [5, 5.41) is 2.65. The Morgan fingerprint density at radius 2 is 1.18 bits per heavy atom. The Morgan fingerprint density at radius 3 is 1.95 bits per heavy atom. The highest BCUT2D eigenvalue weighted by Crippen LogP contribution is 2.50. The van der Waals surface area contributed by atoms with Crippen molar-refractivity contribution in [1.82, 2.24) is 0 Å². The minimum absolute atomic E-state index is 0.00541. The first kappa shape index (κ1) is 34.0. The molecule has 2 aliphatic heterocycles. The van der Waals surface area contributed by atoms with Gasteiger partial charge in [0.25, 0.3) is 0 Å². The Kier molecular flexibility index (Phi) is 7.54. The molecule has 2 nitrogen and oxygen atoms in total. The summed E-state index contributed by atoms with van der Waals surface area (Å²) in [5.74, 6) is 0. The summed E-state index contributed by atoms with van der Waals surface area (Å²) in [5.41, 5.74) is 17.9. The molecule has 0 bridgehead atoms. The number of benzene rings is 7. The van der Waals surface area contributed by atoms with Crippen molar-refractivity contribution in [2.24, 2.45) is 0 Å². The van der Waals surface area contributed by atoms with Gasteiger partial charge in [0.2, 0.25) is 0 Å². The molecule has 1 aromatic heterocycles. The highest BCUT2D eigenvalue weighted by Gasteiger charge is 2.45. The minimum Gasteiger partial charge on any atom is -0.376 e.